The van der Waals surface area contributed by atoms with E-state index in [2.05, 4.69) is 69.7 Å². The van der Waals surface area contributed by atoms with Gasteiger partial charge in [0.25, 0.3) is 0 Å². The van der Waals surface area contributed by atoms with Crippen LogP contribution in [0.2, 0.25) is 0 Å². The van der Waals surface area contributed by atoms with Gasteiger partial charge in [0, 0.05) is 61.6 Å². The fourth-order valence-electron chi connectivity index (χ4n) is 4.29. The highest BCUT2D eigenvalue weighted by molar-refractivity contribution is 5.94. The van der Waals surface area contributed by atoms with Crippen LogP contribution in [0.25, 0.3) is 22.2 Å². The number of fused-ring (bicyclic) bond motifs is 1. The Morgan fingerprint density at radius 1 is 0.778 bits per heavy atom. The average Bonchev–Trinajstić information content (AvgIpc) is 3.28. The number of nitrogens with one attached hydrogen (secondary N) is 1. The highest BCUT2D eigenvalue weighted by atomic mass is 15.2. The Hall–Kier alpha value is -2.59. The predicted molar refractivity (Wildman–Crippen MR) is 114 cm³/mol. The van der Waals surface area contributed by atoms with Crippen molar-refractivity contribution in [1.29, 1.82) is 0 Å². The molecule has 0 radical (unpaired) electrons. The van der Waals surface area contributed by atoms with Crippen LogP contribution >= 0.6 is 0 Å². The van der Waals surface area contributed by atoms with E-state index in [9.17, 15) is 0 Å². The molecule has 4 nitrogen and oxygen atoms in total. The Bertz CT molecular complexity index is 923. The molecule has 2 saturated heterocycles. The van der Waals surface area contributed by atoms with Crippen LogP contribution in [0, 0.1) is 0 Å². The molecule has 1 N–H and O–H groups in total. The third-order valence-electron chi connectivity index (χ3n) is 5.79. The highest BCUT2D eigenvalue weighted by Gasteiger charge is 2.17. The van der Waals surface area contributed by atoms with E-state index in [1.54, 1.807) is 0 Å². The van der Waals surface area contributed by atoms with Gasteiger partial charge in [-0.15, -0.1) is 0 Å². The van der Waals surface area contributed by atoms with Gasteiger partial charge in [0.05, 0.1) is 11.2 Å². The van der Waals surface area contributed by atoms with Crippen LogP contribution in [-0.2, 0) is 0 Å². The molecule has 1 aromatic heterocycles. The second-order valence-corrected chi connectivity index (χ2v) is 7.52. The third kappa shape index (κ3) is 3.26. The molecular formula is C23H26N4. The summed E-state index contributed by atoms with van der Waals surface area (Å²) in [5, 5.41) is 4.68. The van der Waals surface area contributed by atoms with Crippen molar-refractivity contribution in [3.8, 4) is 11.3 Å². The molecule has 0 saturated carbocycles. The number of benzene rings is 2. The lowest BCUT2D eigenvalue weighted by Crippen LogP contribution is -2.43. The van der Waals surface area contributed by atoms with E-state index in [4.69, 9.17) is 4.98 Å². The van der Waals surface area contributed by atoms with Crippen LogP contribution in [0.3, 0.4) is 0 Å². The van der Waals surface area contributed by atoms with Gasteiger partial charge in [0.2, 0.25) is 0 Å². The van der Waals surface area contributed by atoms with Crippen LogP contribution in [-0.4, -0.2) is 44.3 Å². The quantitative estimate of drug-likeness (QED) is 0.769. The van der Waals surface area contributed by atoms with Crippen LogP contribution in [0.5, 0.6) is 0 Å². The molecule has 0 atom stereocenters. The Morgan fingerprint density at radius 3 is 2.30 bits per heavy atom. The van der Waals surface area contributed by atoms with E-state index in [1.165, 1.54) is 35.2 Å². The summed E-state index contributed by atoms with van der Waals surface area (Å²) >= 11 is 0. The molecule has 5 rings (SSSR count). The maximum absolute atomic E-state index is 4.97. The Balaban J connectivity index is 1.52. The normalized spacial score (nSPS) is 17.6. The highest BCUT2D eigenvalue weighted by Crippen LogP contribution is 2.33. The van der Waals surface area contributed by atoms with Gasteiger partial charge in [-0.05, 0) is 37.1 Å². The maximum Gasteiger partial charge on any atom is 0.0730 e. The largest absolute Gasteiger partial charge is 0.371 e. The first-order valence-corrected chi connectivity index (χ1v) is 10.1. The van der Waals surface area contributed by atoms with Gasteiger partial charge in [0.15, 0.2) is 0 Å². The Morgan fingerprint density at radius 2 is 1.52 bits per heavy atom. The standard InChI is InChI=1S/C23H26N4/c1-2-6-21-20(5-1)23(27-13-3-4-14-27)17-22(25-21)18-7-9-19(10-8-18)26-15-11-24-12-16-26/h1-2,5-10,17,24H,3-4,11-16H2. The summed E-state index contributed by atoms with van der Waals surface area (Å²) in [6.45, 7) is 6.57. The first kappa shape index (κ1) is 16.6. The summed E-state index contributed by atoms with van der Waals surface area (Å²) in [5.41, 5.74) is 5.99. The summed E-state index contributed by atoms with van der Waals surface area (Å²) in [6.07, 6.45) is 2.57. The van der Waals surface area contributed by atoms with Crippen molar-refractivity contribution in [3.63, 3.8) is 0 Å². The van der Waals surface area contributed by atoms with Gasteiger partial charge in [-0.25, -0.2) is 4.98 Å². The molecule has 3 aromatic rings. The van der Waals surface area contributed by atoms with E-state index >= 15 is 0 Å². The van der Waals surface area contributed by atoms with Gasteiger partial charge in [-0.1, -0.05) is 30.3 Å². The summed E-state index contributed by atoms with van der Waals surface area (Å²) in [4.78, 5) is 9.93. The van der Waals surface area contributed by atoms with E-state index < -0.39 is 0 Å². The maximum atomic E-state index is 4.97. The zero-order valence-electron chi connectivity index (χ0n) is 15.7. The molecule has 2 aliphatic heterocycles. The third-order valence-corrected chi connectivity index (χ3v) is 5.79. The van der Waals surface area contributed by atoms with Crippen molar-refractivity contribution in [2.24, 2.45) is 0 Å². The number of nitrogens with zero attached hydrogens (tertiary/aromatic N) is 3. The monoisotopic (exact) mass is 358 g/mol. The molecule has 2 aliphatic rings. The minimum absolute atomic E-state index is 1.06. The molecule has 0 amide bonds. The number of piperazine rings is 1. The van der Waals surface area contributed by atoms with E-state index in [0.29, 0.717) is 0 Å². The van der Waals surface area contributed by atoms with E-state index in [-0.39, 0.29) is 0 Å². The molecular weight excluding hydrogens is 332 g/mol. The molecule has 2 aromatic carbocycles. The second kappa shape index (κ2) is 7.20. The van der Waals surface area contributed by atoms with Gasteiger partial charge >= 0.3 is 0 Å². The van der Waals surface area contributed by atoms with Crippen LogP contribution in [0.15, 0.2) is 54.6 Å². The van der Waals surface area contributed by atoms with Crippen molar-refractivity contribution in [1.82, 2.24) is 10.3 Å². The molecule has 0 spiro atoms. The zero-order chi connectivity index (χ0) is 18.1. The lowest BCUT2D eigenvalue weighted by Gasteiger charge is -2.29. The van der Waals surface area contributed by atoms with Crippen molar-refractivity contribution in [2.45, 2.75) is 12.8 Å². The molecule has 138 valence electrons. The SMILES string of the molecule is c1ccc2c(N3CCCC3)cc(-c3ccc(N4CCNCC4)cc3)nc2c1. The summed E-state index contributed by atoms with van der Waals surface area (Å²) < 4.78 is 0. The van der Waals surface area contributed by atoms with Crippen LogP contribution in [0.4, 0.5) is 11.4 Å². The topological polar surface area (TPSA) is 31.4 Å². The first-order chi connectivity index (χ1) is 13.4. The van der Waals surface area contributed by atoms with E-state index in [0.717, 1.165) is 50.5 Å². The van der Waals surface area contributed by atoms with Crippen LogP contribution in [0.1, 0.15) is 12.8 Å². The van der Waals surface area contributed by atoms with Crippen molar-refractivity contribution >= 4 is 22.3 Å². The molecule has 4 heteroatoms. The lowest BCUT2D eigenvalue weighted by molar-refractivity contribution is 0.589. The van der Waals surface area contributed by atoms with Gasteiger partial charge in [-0.3, -0.25) is 0 Å². The summed E-state index contributed by atoms with van der Waals surface area (Å²) in [5.74, 6) is 0. The molecule has 0 bridgehead atoms. The van der Waals surface area contributed by atoms with Gasteiger partial charge in [-0.2, -0.15) is 0 Å². The minimum atomic E-state index is 1.06. The van der Waals surface area contributed by atoms with Gasteiger partial charge < -0.3 is 15.1 Å². The fraction of sp³-hybridized carbons (Fsp3) is 0.348. The summed E-state index contributed by atoms with van der Waals surface area (Å²) in [6, 6.07) is 19.8. The lowest BCUT2D eigenvalue weighted by atomic mass is 10.1. The number of anilines is 2. The van der Waals surface area contributed by atoms with Crippen molar-refractivity contribution in [3.05, 3.63) is 54.6 Å². The molecule has 0 unspecified atom stereocenters. The molecule has 27 heavy (non-hydrogen) atoms. The Labute approximate surface area is 160 Å². The number of hydrogen-bond donors (Lipinski definition) is 1. The summed E-state index contributed by atoms with van der Waals surface area (Å²) in [7, 11) is 0. The van der Waals surface area contributed by atoms with Crippen molar-refractivity contribution < 1.29 is 0 Å². The second-order valence-electron chi connectivity index (χ2n) is 7.52. The number of hydrogen-bond acceptors (Lipinski definition) is 4. The first-order valence-electron chi connectivity index (χ1n) is 10.1. The van der Waals surface area contributed by atoms with Crippen molar-refractivity contribution in [2.75, 3.05) is 49.1 Å². The van der Waals surface area contributed by atoms with Gasteiger partial charge in [0.1, 0.15) is 0 Å². The number of rotatable bonds is 3. The smallest absolute Gasteiger partial charge is 0.0730 e. The molecule has 0 aliphatic carbocycles. The molecule has 2 fully saturated rings. The average molecular weight is 358 g/mol. The fourth-order valence-corrected chi connectivity index (χ4v) is 4.29. The van der Waals surface area contributed by atoms with Crippen LogP contribution < -0.4 is 15.1 Å². The van der Waals surface area contributed by atoms with E-state index in [1.807, 2.05) is 0 Å². The number of pyridine rings is 1. The predicted octanol–water partition coefficient (Wildman–Crippen LogP) is 3.91. The zero-order valence-corrected chi connectivity index (χ0v) is 15.7. The molecule has 3 heterocycles. The minimum Gasteiger partial charge on any atom is -0.371 e. The number of aromatic nitrogens is 1. The Kier molecular flexibility index (Phi) is 4.42. The number of para-hydroxylation sites is 1.